The first kappa shape index (κ1) is 14.6. The molecule has 104 valence electrons. The second kappa shape index (κ2) is 6.09. The predicted octanol–water partition coefficient (Wildman–Crippen LogP) is 3.23. The number of anilines is 2. The number of aromatic nitrogens is 1. The van der Waals surface area contributed by atoms with Crippen LogP contribution in [0.4, 0.5) is 11.4 Å². The average Bonchev–Trinajstić information content (AvgIpc) is 2.42. The summed E-state index contributed by atoms with van der Waals surface area (Å²) in [5.74, 6) is 5.02. The maximum Gasteiger partial charge on any atom is 0.259 e. The Morgan fingerprint density at radius 1 is 1.25 bits per heavy atom. The molecule has 0 saturated carbocycles. The fraction of sp³-hybridized carbons (Fsp3) is 0.0769. The van der Waals surface area contributed by atoms with Crippen LogP contribution in [0.2, 0.25) is 10.0 Å². The summed E-state index contributed by atoms with van der Waals surface area (Å²) in [7, 11) is 0. The molecule has 2 aromatic rings. The summed E-state index contributed by atoms with van der Waals surface area (Å²) in [6, 6.07) is 6.49. The van der Waals surface area contributed by atoms with Crippen molar-refractivity contribution < 1.29 is 4.79 Å². The molecule has 2 rings (SSSR count). The van der Waals surface area contributed by atoms with Crippen molar-refractivity contribution in [1.29, 1.82) is 0 Å². The van der Waals surface area contributed by atoms with E-state index in [0.717, 1.165) is 5.69 Å². The molecule has 0 aliphatic heterocycles. The number of nitrogens with zero attached hydrogens (tertiary/aromatic N) is 1. The number of nitrogen functional groups attached to an aromatic ring is 1. The first-order chi connectivity index (χ1) is 9.51. The van der Waals surface area contributed by atoms with E-state index in [2.05, 4.69) is 15.7 Å². The zero-order valence-corrected chi connectivity index (χ0v) is 12.1. The molecule has 1 aromatic carbocycles. The van der Waals surface area contributed by atoms with Crippen molar-refractivity contribution in [3.8, 4) is 0 Å². The highest BCUT2D eigenvalue weighted by molar-refractivity contribution is 6.36. The third-order valence-electron chi connectivity index (χ3n) is 2.62. The van der Waals surface area contributed by atoms with Gasteiger partial charge in [-0.15, -0.1) is 0 Å². The zero-order valence-electron chi connectivity index (χ0n) is 10.6. The van der Waals surface area contributed by atoms with Gasteiger partial charge in [-0.05, 0) is 31.2 Å². The maximum absolute atomic E-state index is 12.2. The minimum absolute atomic E-state index is 0.314. The zero-order chi connectivity index (χ0) is 14.7. The highest BCUT2D eigenvalue weighted by atomic mass is 35.5. The summed E-state index contributed by atoms with van der Waals surface area (Å²) in [6.45, 7) is 1.80. The second-order valence-electron chi connectivity index (χ2n) is 4.09. The molecule has 20 heavy (non-hydrogen) atoms. The van der Waals surface area contributed by atoms with Gasteiger partial charge in [0.25, 0.3) is 5.91 Å². The molecular formula is C13H12Cl2N4O. The Morgan fingerprint density at radius 2 is 2.00 bits per heavy atom. The number of hydrazine groups is 1. The topological polar surface area (TPSA) is 80.0 Å². The standard InChI is InChI=1S/C13H12Cl2N4O/c1-7-4-11(19-16)9(6-17-7)13(20)18-12-5-8(14)2-3-10(12)15/h2-6H,16H2,1H3,(H,17,19)(H,18,20). The molecule has 0 spiro atoms. The molecule has 0 aliphatic carbocycles. The lowest BCUT2D eigenvalue weighted by molar-refractivity contribution is 0.102. The molecule has 0 aliphatic rings. The van der Waals surface area contributed by atoms with E-state index in [9.17, 15) is 4.79 Å². The van der Waals surface area contributed by atoms with Gasteiger partial charge >= 0.3 is 0 Å². The van der Waals surface area contributed by atoms with Crippen LogP contribution in [-0.4, -0.2) is 10.9 Å². The molecule has 1 heterocycles. The number of hydrogen-bond donors (Lipinski definition) is 3. The molecular weight excluding hydrogens is 299 g/mol. The van der Waals surface area contributed by atoms with Crippen molar-refractivity contribution >= 4 is 40.5 Å². The molecule has 0 unspecified atom stereocenters. The number of pyridine rings is 1. The normalized spacial score (nSPS) is 10.2. The Labute approximate surface area is 126 Å². The fourth-order valence-electron chi connectivity index (χ4n) is 1.64. The Bertz CT molecular complexity index is 661. The van der Waals surface area contributed by atoms with Gasteiger partial charge < -0.3 is 10.7 Å². The first-order valence-electron chi connectivity index (χ1n) is 5.71. The fourth-order valence-corrected chi connectivity index (χ4v) is 1.98. The van der Waals surface area contributed by atoms with Gasteiger partial charge in [0.15, 0.2) is 0 Å². The van der Waals surface area contributed by atoms with Crippen LogP contribution in [0, 0.1) is 6.92 Å². The number of carbonyl (C=O) groups excluding carboxylic acids is 1. The lowest BCUT2D eigenvalue weighted by Crippen LogP contribution is -2.18. The van der Waals surface area contributed by atoms with Gasteiger partial charge in [-0.25, -0.2) is 0 Å². The van der Waals surface area contributed by atoms with Crippen molar-refractivity contribution in [2.24, 2.45) is 5.84 Å². The van der Waals surface area contributed by atoms with E-state index in [1.165, 1.54) is 6.20 Å². The van der Waals surface area contributed by atoms with Gasteiger partial charge in [0.2, 0.25) is 0 Å². The molecule has 0 fully saturated rings. The summed E-state index contributed by atoms with van der Waals surface area (Å²) in [5, 5.41) is 3.54. The quantitative estimate of drug-likeness (QED) is 0.600. The summed E-state index contributed by atoms with van der Waals surface area (Å²) in [4.78, 5) is 16.3. The number of amides is 1. The molecule has 0 bridgehead atoms. The number of carbonyl (C=O) groups is 1. The number of hydrogen-bond acceptors (Lipinski definition) is 4. The second-order valence-corrected chi connectivity index (χ2v) is 4.94. The van der Waals surface area contributed by atoms with Crippen LogP contribution in [-0.2, 0) is 0 Å². The third-order valence-corrected chi connectivity index (χ3v) is 3.18. The molecule has 0 atom stereocenters. The van der Waals surface area contributed by atoms with Gasteiger partial charge in [0.1, 0.15) is 0 Å². The molecule has 1 amide bonds. The van der Waals surface area contributed by atoms with E-state index in [1.54, 1.807) is 31.2 Å². The molecule has 0 radical (unpaired) electrons. The highest BCUT2D eigenvalue weighted by Crippen LogP contribution is 2.26. The summed E-state index contributed by atoms with van der Waals surface area (Å²) >= 11 is 11.9. The Morgan fingerprint density at radius 3 is 2.70 bits per heavy atom. The maximum atomic E-state index is 12.2. The van der Waals surface area contributed by atoms with Gasteiger partial charge in [-0.2, -0.15) is 0 Å². The van der Waals surface area contributed by atoms with Crippen molar-refractivity contribution in [2.75, 3.05) is 10.7 Å². The highest BCUT2D eigenvalue weighted by Gasteiger charge is 2.13. The van der Waals surface area contributed by atoms with E-state index in [-0.39, 0.29) is 5.91 Å². The Hall–Kier alpha value is -1.82. The van der Waals surface area contributed by atoms with E-state index in [1.807, 2.05) is 0 Å². The minimum Gasteiger partial charge on any atom is -0.323 e. The van der Waals surface area contributed by atoms with Gasteiger partial charge in [0.05, 0.1) is 22.0 Å². The minimum atomic E-state index is -0.380. The SMILES string of the molecule is Cc1cc(NN)c(C(=O)Nc2cc(Cl)ccc2Cl)cn1. The van der Waals surface area contributed by atoms with E-state index >= 15 is 0 Å². The Kier molecular flexibility index (Phi) is 4.44. The predicted molar refractivity (Wildman–Crippen MR) is 81.2 cm³/mol. The van der Waals surface area contributed by atoms with Crippen LogP contribution in [0.25, 0.3) is 0 Å². The average molecular weight is 311 g/mol. The third kappa shape index (κ3) is 3.19. The number of nitrogens with two attached hydrogens (primary N) is 1. The monoisotopic (exact) mass is 310 g/mol. The number of nitrogens with one attached hydrogen (secondary N) is 2. The van der Waals surface area contributed by atoms with Gasteiger partial charge in [0, 0.05) is 16.9 Å². The van der Waals surface area contributed by atoms with Crippen molar-refractivity contribution in [1.82, 2.24) is 4.98 Å². The van der Waals surface area contributed by atoms with E-state index in [0.29, 0.717) is 27.0 Å². The van der Waals surface area contributed by atoms with E-state index in [4.69, 9.17) is 29.0 Å². The van der Waals surface area contributed by atoms with Crippen LogP contribution in [0.5, 0.6) is 0 Å². The Balaban J connectivity index is 2.30. The molecule has 7 heteroatoms. The molecule has 0 saturated heterocycles. The van der Waals surface area contributed by atoms with Gasteiger partial charge in [-0.3, -0.25) is 15.6 Å². The lowest BCUT2D eigenvalue weighted by atomic mass is 10.2. The molecule has 5 nitrogen and oxygen atoms in total. The van der Waals surface area contributed by atoms with E-state index < -0.39 is 0 Å². The van der Waals surface area contributed by atoms with Crippen molar-refractivity contribution in [3.05, 3.63) is 51.8 Å². The molecule has 4 N–H and O–H groups in total. The summed E-state index contributed by atoms with van der Waals surface area (Å²) in [6.07, 6.45) is 1.44. The smallest absolute Gasteiger partial charge is 0.259 e. The van der Waals surface area contributed by atoms with Crippen LogP contribution < -0.4 is 16.6 Å². The van der Waals surface area contributed by atoms with Crippen LogP contribution in [0.3, 0.4) is 0 Å². The molecule has 1 aromatic heterocycles. The first-order valence-corrected chi connectivity index (χ1v) is 6.46. The summed E-state index contributed by atoms with van der Waals surface area (Å²) < 4.78 is 0. The summed E-state index contributed by atoms with van der Waals surface area (Å²) in [5.41, 5.74) is 4.43. The van der Waals surface area contributed by atoms with Crippen molar-refractivity contribution in [3.63, 3.8) is 0 Å². The van der Waals surface area contributed by atoms with Gasteiger partial charge in [-0.1, -0.05) is 23.2 Å². The number of benzene rings is 1. The lowest BCUT2D eigenvalue weighted by Gasteiger charge is -2.11. The van der Waals surface area contributed by atoms with Crippen LogP contribution in [0.1, 0.15) is 16.1 Å². The van der Waals surface area contributed by atoms with Crippen molar-refractivity contribution in [2.45, 2.75) is 6.92 Å². The number of rotatable bonds is 3. The largest absolute Gasteiger partial charge is 0.323 e. The van der Waals surface area contributed by atoms with Crippen LogP contribution in [0.15, 0.2) is 30.5 Å². The van der Waals surface area contributed by atoms with Crippen LogP contribution >= 0.6 is 23.2 Å². The number of halogens is 2. The number of aryl methyl sites for hydroxylation is 1.